The summed E-state index contributed by atoms with van der Waals surface area (Å²) >= 11 is 1.12. The van der Waals surface area contributed by atoms with Crippen molar-refractivity contribution in [1.29, 1.82) is 0 Å². The lowest BCUT2D eigenvalue weighted by atomic mass is 10.1. The van der Waals surface area contributed by atoms with Crippen molar-refractivity contribution in [2.45, 2.75) is 29.5 Å². The molecule has 0 bridgehead atoms. The standard InChI is InChI=1S/C17H18N2O5S2/c20-14(18-16(17(21)22)12-5-6-12)10-11-3-7-13(8-4-11)19-26(23,24)15-2-1-9-25-15/h1-4,7-9,12,16,19H,5-6,10H2,(H,18,20)(H,21,22). The summed E-state index contributed by atoms with van der Waals surface area (Å²) in [6.07, 6.45) is 1.67. The summed E-state index contributed by atoms with van der Waals surface area (Å²) in [7, 11) is -3.61. The number of carbonyl (C=O) groups excluding carboxylic acids is 1. The summed E-state index contributed by atoms with van der Waals surface area (Å²) in [5.41, 5.74) is 1.06. The first-order valence-corrected chi connectivity index (χ1v) is 10.4. The number of amides is 1. The molecule has 1 aliphatic carbocycles. The minimum Gasteiger partial charge on any atom is -0.480 e. The molecule has 1 amide bonds. The Morgan fingerprint density at radius 1 is 1.19 bits per heavy atom. The van der Waals surface area contributed by atoms with Gasteiger partial charge >= 0.3 is 5.97 Å². The van der Waals surface area contributed by atoms with Crippen LogP contribution in [0.2, 0.25) is 0 Å². The Hall–Kier alpha value is -2.39. The molecule has 1 aliphatic rings. The lowest BCUT2D eigenvalue weighted by Gasteiger charge is -2.13. The highest BCUT2D eigenvalue weighted by molar-refractivity contribution is 7.94. The van der Waals surface area contributed by atoms with Crippen molar-refractivity contribution in [3.05, 3.63) is 47.3 Å². The molecule has 138 valence electrons. The van der Waals surface area contributed by atoms with Gasteiger partial charge in [-0.25, -0.2) is 13.2 Å². The predicted octanol–water partition coefficient (Wildman–Crippen LogP) is 2.07. The quantitative estimate of drug-likeness (QED) is 0.634. The van der Waals surface area contributed by atoms with E-state index in [0.29, 0.717) is 11.3 Å². The fraction of sp³-hybridized carbons (Fsp3) is 0.294. The number of anilines is 1. The molecule has 0 spiro atoms. The van der Waals surface area contributed by atoms with Crippen LogP contribution >= 0.6 is 11.3 Å². The minimum atomic E-state index is -3.61. The summed E-state index contributed by atoms with van der Waals surface area (Å²) in [6, 6.07) is 8.76. The molecule has 1 fully saturated rings. The Morgan fingerprint density at radius 3 is 2.42 bits per heavy atom. The summed E-state index contributed by atoms with van der Waals surface area (Å²) in [5, 5.41) is 13.4. The molecule has 1 aromatic carbocycles. The van der Waals surface area contributed by atoms with Gasteiger partial charge in [0, 0.05) is 5.69 Å². The number of carboxylic acid groups (broad SMARTS) is 1. The van der Waals surface area contributed by atoms with E-state index in [2.05, 4.69) is 10.0 Å². The number of benzene rings is 1. The van der Waals surface area contributed by atoms with Gasteiger partial charge in [0.25, 0.3) is 10.0 Å². The Morgan fingerprint density at radius 2 is 1.88 bits per heavy atom. The van der Waals surface area contributed by atoms with Gasteiger partial charge in [-0.1, -0.05) is 18.2 Å². The van der Waals surface area contributed by atoms with E-state index in [1.54, 1.807) is 35.7 Å². The van der Waals surface area contributed by atoms with Crippen LogP contribution in [0, 0.1) is 5.92 Å². The van der Waals surface area contributed by atoms with Crippen molar-refractivity contribution in [2.75, 3.05) is 4.72 Å². The molecule has 3 N–H and O–H groups in total. The molecular formula is C17H18N2O5S2. The van der Waals surface area contributed by atoms with Crippen molar-refractivity contribution in [2.24, 2.45) is 5.92 Å². The van der Waals surface area contributed by atoms with Crippen LogP contribution in [0.1, 0.15) is 18.4 Å². The second-order valence-corrected chi connectivity index (χ2v) is 8.99. The van der Waals surface area contributed by atoms with Gasteiger partial charge in [-0.05, 0) is 47.9 Å². The summed E-state index contributed by atoms with van der Waals surface area (Å²) in [6.45, 7) is 0. The first-order chi connectivity index (χ1) is 12.3. The van der Waals surface area contributed by atoms with Crippen molar-refractivity contribution in [1.82, 2.24) is 5.32 Å². The summed E-state index contributed by atoms with van der Waals surface area (Å²) in [5.74, 6) is -1.36. The van der Waals surface area contributed by atoms with E-state index < -0.39 is 22.0 Å². The predicted molar refractivity (Wildman–Crippen MR) is 97.6 cm³/mol. The van der Waals surface area contributed by atoms with Crippen LogP contribution < -0.4 is 10.0 Å². The van der Waals surface area contributed by atoms with Crippen LogP contribution in [0.4, 0.5) is 5.69 Å². The van der Waals surface area contributed by atoms with Crippen LogP contribution in [0.15, 0.2) is 46.0 Å². The molecule has 1 heterocycles. The van der Waals surface area contributed by atoms with Crippen molar-refractivity contribution in [3.8, 4) is 0 Å². The fourth-order valence-electron chi connectivity index (χ4n) is 2.53. The van der Waals surface area contributed by atoms with Gasteiger partial charge in [-0.15, -0.1) is 11.3 Å². The van der Waals surface area contributed by atoms with Gasteiger partial charge < -0.3 is 10.4 Å². The van der Waals surface area contributed by atoms with Crippen LogP contribution in [0.25, 0.3) is 0 Å². The number of hydrogen-bond donors (Lipinski definition) is 3. The Kier molecular flexibility index (Phi) is 5.28. The SMILES string of the molecule is O=C(Cc1ccc(NS(=O)(=O)c2cccs2)cc1)NC(C(=O)O)C1CC1. The highest BCUT2D eigenvalue weighted by atomic mass is 32.2. The molecule has 1 aromatic heterocycles. The molecule has 0 aliphatic heterocycles. The lowest BCUT2D eigenvalue weighted by Crippen LogP contribution is -2.43. The third kappa shape index (κ3) is 4.61. The van der Waals surface area contributed by atoms with E-state index in [1.807, 2.05) is 0 Å². The molecule has 1 saturated carbocycles. The zero-order chi connectivity index (χ0) is 18.7. The number of sulfonamides is 1. The average Bonchev–Trinajstić information content (AvgIpc) is 3.25. The molecule has 9 heteroatoms. The van der Waals surface area contributed by atoms with Crippen LogP contribution in [-0.4, -0.2) is 31.4 Å². The van der Waals surface area contributed by atoms with E-state index in [1.165, 1.54) is 6.07 Å². The van der Waals surface area contributed by atoms with Crippen molar-refractivity contribution < 1.29 is 23.1 Å². The number of carbonyl (C=O) groups is 2. The molecule has 7 nitrogen and oxygen atoms in total. The van der Waals surface area contributed by atoms with Gasteiger partial charge in [0.2, 0.25) is 5.91 Å². The molecule has 0 saturated heterocycles. The first-order valence-electron chi connectivity index (χ1n) is 8.02. The van der Waals surface area contributed by atoms with E-state index in [9.17, 15) is 18.0 Å². The number of nitrogens with one attached hydrogen (secondary N) is 2. The van der Waals surface area contributed by atoms with Crippen molar-refractivity contribution in [3.63, 3.8) is 0 Å². The number of aliphatic carboxylic acids is 1. The Balaban J connectivity index is 1.59. The molecule has 2 aromatic rings. The normalized spacial score (nSPS) is 15.2. The zero-order valence-electron chi connectivity index (χ0n) is 13.7. The molecule has 1 unspecified atom stereocenters. The maximum atomic E-state index is 12.2. The van der Waals surface area contributed by atoms with Crippen LogP contribution in [0.5, 0.6) is 0 Å². The molecule has 3 rings (SSSR count). The van der Waals surface area contributed by atoms with Gasteiger partial charge in [-0.2, -0.15) is 0 Å². The maximum Gasteiger partial charge on any atom is 0.326 e. The number of carboxylic acids is 1. The zero-order valence-corrected chi connectivity index (χ0v) is 15.3. The third-order valence-corrected chi connectivity index (χ3v) is 6.79. The minimum absolute atomic E-state index is 0.0190. The average molecular weight is 394 g/mol. The highest BCUT2D eigenvalue weighted by Gasteiger charge is 2.37. The second-order valence-electron chi connectivity index (χ2n) is 6.13. The fourth-order valence-corrected chi connectivity index (χ4v) is 4.58. The van der Waals surface area contributed by atoms with Gasteiger partial charge in [-0.3, -0.25) is 9.52 Å². The largest absolute Gasteiger partial charge is 0.480 e. The third-order valence-electron chi connectivity index (χ3n) is 4.01. The van der Waals surface area contributed by atoms with Gasteiger partial charge in [0.15, 0.2) is 0 Å². The van der Waals surface area contributed by atoms with Crippen molar-refractivity contribution >= 4 is 38.9 Å². The summed E-state index contributed by atoms with van der Waals surface area (Å²) < 4.78 is 27.0. The molecule has 1 atom stereocenters. The first kappa shape index (κ1) is 18.4. The van der Waals surface area contributed by atoms with Crippen LogP contribution in [-0.2, 0) is 26.0 Å². The summed E-state index contributed by atoms with van der Waals surface area (Å²) in [4.78, 5) is 23.2. The van der Waals surface area contributed by atoms with Crippen LogP contribution in [0.3, 0.4) is 0 Å². The molecule has 0 radical (unpaired) electrons. The second kappa shape index (κ2) is 7.46. The van der Waals surface area contributed by atoms with E-state index in [-0.39, 0.29) is 22.5 Å². The lowest BCUT2D eigenvalue weighted by molar-refractivity contribution is -0.142. The van der Waals surface area contributed by atoms with E-state index >= 15 is 0 Å². The maximum absolute atomic E-state index is 12.2. The monoisotopic (exact) mass is 394 g/mol. The molecular weight excluding hydrogens is 376 g/mol. The smallest absolute Gasteiger partial charge is 0.326 e. The number of hydrogen-bond acceptors (Lipinski definition) is 5. The van der Waals surface area contributed by atoms with E-state index in [0.717, 1.165) is 24.2 Å². The highest BCUT2D eigenvalue weighted by Crippen LogP contribution is 2.32. The Labute approximate surface area is 155 Å². The van der Waals surface area contributed by atoms with Gasteiger partial charge in [0.1, 0.15) is 10.3 Å². The Bertz CT molecular complexity index is 888. The molecule has 26 heavy (non-hydrogen) atoms. The number of thiophene rings is 1. The topological polar surface area (TPSA) is 113 Å². The van der Waals surface area contributed by atoms with Gasteiger partial charge in [0.05, 0.1) is 6.42 Å². The number of rotatable bonds is 8. The van der Waals surface area contributed by atoms with E-state index in [4.69, 9.17) is 5.11 Å².